The van der Waals surface area contributed by atoms with Gasteiger partial charge in [0, 0.05) is 6.21 Å². The van der Waals surface area contributed by atoms with E-state index in [2.05, 4.69) is 5.10 Å². The Bertz CT molecular complexity index is 541. The van der Waals surface area contributed by atoms with Crippen molar-refractivity contribution in [3.8, 4) is 5.75 Å². The fourth-order valence-corrected chi connectivity index (χ4v) is 2.10. The van der Waals surface area contributed by atoms with Crippen LogP contribution in [0.3, 0.4) is 0 Å². The number of nitrogens with zero attached hydrogens (tertiary/aromatic N) is 2. The molecule has 106 valence electrons. The Morgan fingerprint density at radius 3 is 2.65 bits per heavy atom. The normalized spacial score (nSPS) is 24.7. The van der Waals surface area contributed by atoms with Gasteiger partial charge in [-0.05, 0) is 24.6 Å². The second-order valence-electron chi connectivity index (χ2n) is 4.86. The molecule has 1 aromatic rings. The lowest BCUT2D eigenvalue weighted by molar-refractivity contribution is -0.147. The zero-order valence-corrected chi connectivity index (χ0v) is 11.3. The molecule has 0 amide bonds. The monoisotopic (exact) mass is 276 g/mol. The first-order valence-electron chi connectivity index (χ1n) is 6.14. The zero-order valence-electron chi connectivity index (χ0n) is 11.3. The van der Waals surface area contributed by atoms with E-state index in [0.29, 0.717) is 12.8 Å². The lowest BCUT2D eigenvalue weighted by atomic mass is 9.85. The topological polar surface area (TPSA) is 79.2 Å². The van der Waals surface area contributed by atoms with Gasteiger partial charge >= 0.3 is 5.97 Å². The number of carboxylic acid groups (broad SMARTS) is 1. The third-order valence-electron chi connectivity index (χ3n) is 3.50. The fraction of sp³-hybridized carbons (Fsp3) is 0.357. The van der Waals surface area contributed by atoms with E-state index in [0.717, 1.165) is 11.3 Å². The van der Waals surface area contributed by atoms with Crippen LogP contribution in [0.15, 0.2) is 29.4 Å². The summed E-state index contributed by atoms with van der Waals surface area (Å²) < 4.78 is 5.07. The standard InChI is InChI=1S/C14H16N2O4/c1-14(13(18)19)9-15-16(12(14)8-17)7-10-3-5-11(20-2)6-4-10/h3-6,8-9,12H,7H2,1-2H3,(H,18,19). The molecule has 0 fully saturated rings. The highest BCUT2D eigenvalue weighted by atomic mass is 16.5. The van der Waals surface area contributed by atoms with Crippen LogP contribution >= 0.6 is 0 Å². The van der Waals surface area contributed by atoms with Crippen molar-refractivity contribution in [2.45, 2.75) is 19.5 Å². The Kier molecular flexibility index (Phi) is 3.74. The predicted molar refractivity (Wildman–Crippen MR) is 72.6 cm³/mol. The third kappa shape index (κ3) is 2.36. The largest absolute Gasteiger partial charge is 0.497 e. The van der Waals surface area contributed by atoms with Crippen LogP contribution in [0.4, 0.5) is 0 Å². The molecule has 0 aromatic heterocycles. The molecular formula is C14H16N2O4. The Labute approximate surface area is 116 Å². The summed E-state index contributed by atoms with van der Waals surface area (Å²) in [5.74, 6) is -0.323. The highest BCUT2D eigenvalue weighted by Gasteiger charge is 2.47. The molecule has 1 aliphatic heterocycles. The average molecular weight is 276 g/mol. The number of rotatable bonds is 5. The number of carbonyl (C=O) groups excluding carboxylic acids is 1. The molecule has 1 heterocycles. The van der Waals surface area contributed by atoms with Crippen LogP contribution in [0, 0.1) is 5.41 Å². The molecule has 1 N–H and O–H groups in total. The van der Waals surface area contributed by atoms with Gasteiger partial charge in [0.05, 0.1) is 13.7 Å². The number of hydrogen-bond acceptors (Lipinski definition) is 5. The molecule has 2 unspecified atom stereocenters. The van der Waals surface area contributed by atoms with E-state index in [1.165, 1.54) is 18.1 Å². The zero-order chi connectivity index (χ0) is 14.8. The Morgan fingerprint density at radius 1 is 1.50 bits per heavy atom. The summed E-state index contributed by atoms with van der Waals surface area (Å²) in [6.45, 7) is 1.86. The summed E-state index contributed by atoms with van der Waals surface area (Å²) in [5.41, 5.74) is -0.363. The first kappa shape index (κ1) is 14.0. The maximum absolute atomic E-state index is 11.3. The molecule has 2 rings (SSSR count). The molecule has 0 aliphatic carbocycles. The van der Waals surface area contributed by atoms with Crippen LogP contribution in [0.1, 0.15) is 12.5 Å². The van der Waals surface area contributed by atoms with Gasteiger partial charge in [-0.1, -0.05) is 12.1 Å². The van der Waals surface area contributed by atoms with E-state index >= 15 is 0 Å². The quantitative estimate of drug-likeness (QED) is 0.816. The van der Waals surface area contributed by atoms with E-state index in [1.807, 2.05) is 12.1 Å². The third-order valence-corrected chi connectivity index (χ3v) is 3.50. The van der Waals surface area contributed by atoms with Crippen LogP contribution in [0.25, 0.3) is 0 Å². The molecule has 6 nitrogen and oxygen atoms in total. The van der Waals surface area contributed by atoms with E-state index in [4.69, 9.17) is 4.74 Å². The van der Waals surface area contributed by atoms with Gasteiger partial charge in [-0.2, -0.15) is 5.10 Å². The molecule has 1 aromatic carbocycles. The number of aliphatic carboxylic acids is 1. The van der Waals surface area contributed by atoms with E-state index < -0.39 is 17.4 Å². The van der Waals surface area contributed by atoms with Crippen LogP contribution in [-0.2, 0) is 16.1 Å². The first-order valence-corrected chi connectivity index (χ1v) is 6.14. The van der Waals surface area contributed by atoms with Gasteiger partial charge in [0.25, 0.3) is 0 Å². The van der Waals surface area contributed by atoms with Crippen molar-refractivity contribution in [2.75, 3.05) is 7.11 Å². The summed E-state index contributed by atoms with van der Waals surface area (Å²) in [6, 6.07) is 6.52. The molecule has 0 radical (unpaired) electrons. The minimum atomic E-state index is -1.28. The van der Waals surface area contributed by atoms with Crippen molar-refractivity contribution in [1.29, 1.82) is 0 Å². The van der Waals surface area contributed by atoms with Gasteiger partial charge in [-0.25, -0.2) is 0 Å². The van der Waals surface area contributed by atoms with Gasteiger partial charge in [0.1, 0.15) is 23.5 Å². The Hall–Kier alpha value is -2.37. The lowest BCUT2D eigenvalue weighted by Gasteiger charge is -2.27. The van der Waals surface area contributed by atoms with Crippen LogP contribution < -0.4 is 4.74 Å². The molecule has 2 atom stereocenters. The number of methoxy groups -OCH3 is 1. The SMILES string of the molecule is COc1ccc(CN2N=CC(C)(C(=O)O)C2C=O)cc1. The highest BCUT2D eigenvalue weighted by Crippen LogP contribution is 2.30. The van der Waals surface area contributed by atoms with E-state index in [-0.39, 0.29) is 0 Å². The number of carbonyl (C=O) groups is 2. The molecule has 1 aliphatic rings. The molecule has 20 heavy (non-hydrogen) atoms. The minimum absolute atomic E-state index is 0.368. The lowest BCUT2D eigenvalue weighted by Crippen LogP contribution is -2.45. The van der Waals surface area contributed by atoms with Crippen LogP contribution in [0.2, 0.25) is 0 Å². The second kappa shape index (κ2) is 5.32. The number of hydrogen-bond donors (Lipinski definition) is 1. The van der Waals surface area contributed by atoms with Crippen LogP contribution in [0.5, 0.6) is 5.75 Å². The molecule has 0 bridgehead atoms. The summed E-state index contributed by atoms with van der Waals surface area (Å²) >= 11 is 0. The van der Waals surface area contributed by atoms with Crippen molar-refractivity contribution < 1.29 is 19.4 Å². The van der Waals surface area contributed by atoms with Gasteiger partial charge < -0.3 is 14.6 Å². The van der Waals surface area contributed by atoms with Crippen molar-refractivity contribution in [3.05, 3.63) is 29.8 Å². The summed E-state index contributed by atoms with van der Waals surface area (Å²) in [7, 11) is 1.58. The van der Waals surface area contributed by atoms with E-state index in [9.17, 15) is 14.7 Å². The molecule has 0 spiro atoms. The summed E-state index contributed by atoms with van der Waals surface area (Å²) in [6.07, 6.45) is 1.95. The molecule has 6 heteroatoms. The minimum Gasteiger partial charge on any atom is -0.497 e. The predicted octanol–water partition coefficient (Wildman–Crippen LogP) is 1.15. The number of benzene rings is 1. The van der Waals surface area contributed by atoms with Gasteiger partial charge in [0.15, 0.2) is 0 Å². The number of aldehydes is 1. The van der Waals surface area contributed by atoms with Crippen molar-refractivity contribution in [3.63, 3.8) is 0 Å². The van der Waals surface area contributed by atoms with Crippen LogP contribution in [-0.4, -0.2) is 41.7 Å². The number of ether oxygens (including phenoxy) is 1. The smallest absolute Gasteiger partial charge is 0.317 e. The van der Waals surface area contributed by atoms with Gasteiger partial charge in [-0.15, -0.1) is 0 Å². The van der Waals surface area contributed by atoms with E-state index in [1.54, 1.807) is 19.2 Å². The van der Waals surface area contributed by atoms with Crippen molar-refractivity contribution in [1.82, 2.24) is 5.01 Å². The second-order valence-corrected chi connectivity index (χ2v) is 4.86. The van der Waals surface area contributed by atoms with Crippen molar-refractivity contribution >= 4 is 18.5 Å². The maximum Gasteiger partial charge on any atom is 0.317 e. The Morgan fingerprint density at radius 2 is 2.15 bits per heavy atom. The summed E-state index contributed by atoms with van der Waals surface area (Å²) in [4.78, 5) is 22.5. The van der Waals surface area contributed by atoms with Crippen molar-refractivity contribution in [2.24, 2.45) is 10.5 Å². The van der Waals surface area contributed by atoms with Gasteiger partial charge in [-0.3, -0.25) is 9.80 Å². The highest BCUT2D eigenvalue weighted by molar-refractivity contribution is 5.99. The molecular weight excluding hydrogens is 260 g/mol. The summed E-state index contributed by atoms with van der Waals surface area (Å²) in [5, 5.41) is 14.8. The Balaban J connectivity index is 2.15. The number of hydrazone groups is 1. The first-order chi connectivity index (χ1) is 9.51. The average Bonchev–Trinajstić information content (AvgIpc) is 2.77. The maximum atomic E-state index is 11.3. The van der Waals surface area contributed by atoms with Gasteiger partial charge in [0.2, 0.25) is 0 Å². The molecule has 0 saturated carbocycles. The number of carboxylic acids is 1. The molecule has 0 saturated heterocycles. The fourth-order valence-electron chi connectivity index (χ4n) is 2.10.